The molecule has 0 spiro atoms. The van der Waals surface area contributed by atoms with Crippen LogP contribution >= 0.6 is 0 Å². The van der Waals surface area contributed by atoms with Crippen LogP contribution in [0.3, 0.4) is 0 Å². The van der Waals surface area contributed by atoms with Crippen LogP contribution in [-0.4, -0.2) is 11.9 Å². The Morgan fingerprint density at radius 3 is 2.22 bits per heavy atom. The van der Waals surface area contributed by atoms with Crippen molar-refractivity contribution in [3.8, 4) is 0 Å². The predicted molar refractivity (Wildman–Crippen MR) is 32.7 cm³/mol. The summed E-state index contributed by atoms with van der Waals surface area (Å²) < 4.78 is 22.6. The fourth-order valence-electron chi connectivity index (χ4n) is 0.585. The predicted octanol–water partition coefficient (Wildman–Crippen LogP) is 2.45. The van der Waals surface area contributed by atoms with Crippen molar-refractivity contribution in [3.05, 3.63) is 6.92 Å². The largest absolute Gasteiger partial charge is 0.102 e. The van der Waals surface area contributed by atoms with Gasteiger partial charge in [-0.25, -0.2) is 0 Å². The lowest BCUT2D eigenvalue weighted by Gasteiger charge is -1.98. The first-order chi connectivity index (χ1) is 4.27. The third-order valence-electron chi connectivity index (χ3n) is 1.08. The van der Waals surface area contributed by atoms with Crippen LogP contribution in [-0.2, 0) is 0 Å². The van der Waals surface area contributed by atoms with Gasteiger partial charge in [0.15, 0.2) is 0 Å². The van der Waals surface area contributed by atoms with Crippen molar-refractivity contribution in [2.45, 2.75) is 25.7 Å². The van der Waals surface area contributed by atoms with Gasteiger partial charge in [-0.15, -0.1) is 8.96 Å². The molecule has 0 amide bonds. The zero-order chi connectivity index (χ0) is 7.11. The van der Waals surface area contributed by atoms with Crippen molar-refractivity contribution in [1.82, 2.24) is 5.34 Å². The van der Waals surface area contributed by atoms with Crippen LogP contribution in [0, 0.1) is 6.92 Å². The quantitative estimate of drug-likeness (QED) is 0.414. The number of halogens is 2. The normalized spacial score (nSPS) is 10.7. The molecule has 1 radical (unpaired) electrons. The van der Waals surface area contributed by atoms with E-state index in [1.54, 1.807) is 0 Å². The summed E-state index contributed by atoms with van der Waals surface area (Å²) in [5, 5.41) is -0.775. The Labute approximate surface area is 54.5 Å². The smallest absolute Gasteiger partial charge is 0.0620 e. The minimum atomic E-state index is -0.775. The van der Waals surface area contributed by atoms with E-state index in [2.05, 4.69) is 6.92 Å². The molecule has 0 heterocycles. The summed E-state index contributed by atoms with van der Waals surface area (Å²) in [5.74, 6) is 0. The third-order valence-corrected chi connectivity index (χ3v) is 1.08. The fourth-order valence-corrected chi connectivity index (χ4v) is 0.585. The van der Waals surface area contributed by atoms with Crippen LogP contribution in [0.15, 0.2) is 0 Å². The highest BCUT2D eigenvalue weighted by Crippen LogP contribution is 2.00. The summed E-state index contributed by atoms with van der Waals surface area (Å²) in [6.07, 6.45) is 3.22. The van der Waals surface area contributed by atoms with E-state index in [9.17, 15) is 8.96 Å². The van der Waals surface area contributed by atoms with Crippen LogP contribution in [0.4, 0.5) is 8.96 Å². The zero-order valence-electron chi connectivity index (χ0n) is 5.45. The molecule has 0 fully saturated rings. The molecule has 0 aliphatic carbocycles. The van der Waals surface area contributed by atoms with E-state index in [1.807, 2.05) is 0 Å². The lowest BCUT2D eigenvalue weighted by atomic mass is 10.2. The summed E-state index contributed by atoms with van der Waals surface area (Å²) >= 11 is 0. The average molecular weight is 136 g/mol. The van der Waals surface area contributed by atoms with Gasteiger partial charge in [-0.05, 0) is 6.42 Å². The van der Waals surface area contributed by atoms with Gasteiger partial charge in [0.05, 0.1) is 6.54 Å². The van der Waals surface area contributed by atoms with E-state index in [4.69, 9.17) is 0 Å². The molecule has 0 atom stereocenters. The highest BCUT2D eigenvalue weighted by atomic mass is 19.4. The molecule has 0 aliphatic rings. The minimum absolute atomic E-state index is 0.111. The van der Waals surface area contributed by atoms with Gasteiger partial charge in [0, 0.05) is 5.34 Å². The van der Waals surface area contributed by atoms with Crippen molar-refractivity contribution in [2.75, 3.05) is 6.54 Å². The Morgan fingerprint density at radius 1 is 1.11 bits per heavy atom. The minimum Gasteiger partial charge on any atom is -0.102 e. The summed E-state index contributed by atoms with van der Waals surface area (Å²) in [4.78, 5) is 0. The summed E-state index contributed by atoms with van der Waals surface area (Å²) in [6.45, 7) is 3.49. The molecule has 1 nitrogen and oxygen atoms in total. The van der Waals surface area contributed by atoms with Crippen molar-refractivity contribution in [3.63, 3.8) is 0 Å². The van der Waals surface area contributed by atoms with Gasteiger partial charge in [-0.1, -0.05) is 26.2 Å². The van der Waals surface area contributed by atoms with Gasteiger partial charge in [0.1, 0.15) is 0 Å². The van der Waals surface area contributed by atoms with Crippen LogP contribution in [0.25, 0.3) is 0 Å². The second kappa shape index (κ2) is 5.95. The van der Waals surface area contributed by atoms with Gasteiger partial charge in [-0.3, -0.25) is 0 Å². The Kier molecular flexibility index (Phi) is 5.83. The number of hydrogen-bond acceptors (Lipinski definition) is 1. The third kappa shape index (κ3) is 7.82. The molecule has 3 heteroatoms. The van der Waals surface area contributed by atoms with E-state index in [0.717, 1.165) is 19.3 Å². The first kappa shape index (κ1) is 8.82. The van der Waals surface area contributed by atoms with Crippen molar-refractivity contribution in [1.29, 1.82) is 0 Å². The van der Waals surface area contributed by atoms with E-state index in [1.165, 1.54) is 0 Å². The molecule has 0 N–H and O–H groups in total. The maximum atomic E-state index is 11.3. The summed E-state index contributed by atoms with van der Waals surface area (Å²) in [6, 6.07) is 0. The Morgan fingerprint density at radius 2 is 1.78 bits per heavy atom. The molecule has 0 aromatic rings. The maximum absolute atomic E-state index is 11.3. The lowest BCUT2D eigenvalue weighted by molar-refractivity contribution is -0.153. The molecule has 0 bridgehead atoms. The molecule has 0 unspecified atom stereocenters. The second-order valence-corrected chi connectivity index (χ2v) is 1.94. The second-order valence-electron chi connectivity index (χ2n) is 1.94. The average Bonchev–Trinajstić information content (AvgIpc) is 1.80. The van der Waals surface area contributed by atoms with Gasteiger partial charge >= 0.3 is 0 Å². The van der Waals surface area contributed by atoms with Gasteiger partial charge in [-0.2, -0.15) is 0 Å². The van der Waals surface area contributed by atoms with E-state index in [0.29, 0.717) is 6.42 Å². The van der Waals surface area contributed by atoms with E-state index >= 15 is 0 Å². The number of unbranched alkanes of at least 4 members (excludes halogenated alkanes) is 3. The monoisotopic (exact) mass is 136 g/mol. The molecule has 55 valence electrons. The Bertz CT molecular complexity index is 57.0. The Hall–Kier alpha value is -0.180. The zero-order valence-corrected chi connectivity index (χ0v) is 5.45. The number of hydrogen-bond donors (Lipinski definition) is 0. The number of rotatable bonds is 5. The highest BCUT2D eigenvalue weighted by molar-refractivity contribution is 4.43. The van der Waals surface area contributed by atoms with Crippen LogP contribution in [0.2, 0.25) is 0 Å². The highest BCUT2D eigenvalue weighted by Gasteiger charge is 1.95. The van der Waals surface area contributed by atoms with E-state index < -0.39 is 5.34 Å². The number of nitrogens with zero attached hydrogens (tertiary/aromatic N) is 1. The molecule has 0 aromatic heterocycles. The standard InChI is InChI=1S/C6H12F2N/c1-2-3-4-5-6-9(7)8/h1-6H2. The van der Waals surface area contributed by atoms with Gasteiger partial charge < -0.3 is 0 Å². The molecule has 0 saturated carbocycles. The summed E-state index contributed by atoms with van der Waals surface area (Å²) in [7, 11) is 0. The van der Waals surface area contributed by atoms with Gasteiger partial charge in [0.2, 0.25) is 0 Å². The molecular formula is C6H12F2N. The molecule has 0 saturated heterocycles. The first-order valence-electron chi connectivity index (χ1n) is 3.15. The fraction of sp³-hybridized carbons (Fsp3) is 0.833. The summed E-state index contributed by atoms with van der Waals surface area (Å²) in [5.41, 5.74) is 0. The van der Waals surface area contributed by atoms with Crippen molar-refractivity contribution >= 4 is 0 Å². The molecule has 0 aromatic carbocycles. The van der Waals surface area contributed by atoms with Crippen LogP contribution < -0.4 is 0 Å². The van der Waals surface area contributed by atoms with Crippen molar-refractivity contribution < 1.29 is 8.96 Å². The SMILES string of the molecule is [CH2]CCCCCN(F)F. The van der Waals surface area contributed by atoms with E-state index in [-0.39, 0.29) is 6.54 Å². The molecule has 0 rings (SSSR count). The van der Waals surface area contributed by atoms with Gasteiger partial charge in [0.25, 0.3) is 0 Å². The van der Waals surface area contributed by atoms with Crippen LogP contribution in [0.1, 0.15) is 25.7 Å². The molecule has 9 heavy (non-hydrogen) atoms. The Balaban J connectivity index is 2.75. The lowest BCUT2D eigenvalue weighted by Crippen LogP contribution is -2.01. The van der Waals surface area contributed by atoms with Crippen molar-refractivity contribution in [2.24, 2.45) is 0 Å². The maximum Gasteiger partial charge on any atom is 0.0620 e. The van der Waals surface area contributed by atoms with Crippen LogP contribution in [0.5, 0.6) is 0 Å². The molecule has 0 aliphatic heterocycles. The molecular weight excluding hydrogens is 124 g/mol. The first-order valence-corrected chi connectivity index (χ1v) is 3.15. The topological polar surface area (TPSA) is 3.24 Å².